The Morgan fingerprint density at radius 1 is 1.06 bits per heavy atom. The maximum atomic E-state index is 3.51. The third-order valence-electron chi connectivity index (χ3n) is 3.54. The average Bonchev–Trinajstić information content (AvgIpc) is 2.38. The Hall–Kier alpha value is -0.820. The van der Waals surface area contributed by atoms with Gasteiger partial charge in [-0.2, -0.15) is 0 Å². The summed E-state index contributed by atoms with van der Waals surface area (Å²) in [6.45, 7) is 8.86. The lowest BCUT2D eigenvalue weighted by molar-refractivity contribution is 0.428. The van der Waals surface area contributed by atoms with Crippen LogP contribution in [0.1, 0.15) is 50.7 Å². The van der Waals surface area contributed by atoms with Crippen LogP contribution in [0, 0.1) is 12.8 Å². The van der Waals surface area contributed by atoms with Gasteiger partial charge in [-0.25, -0.2) is 0 Å². The number of nitrogens with one attached hydrogen (secondary N) is 1. The molecule has 1 rings (SSSR count). The van der Waals surface area contributed by atoms with Gasteiger partial charge in [0, 0.05) is 0 Å². The van der Waals surface area contributed by atoms with E-state index in [4.69, 9.17) is 0 Å². The number of hydrogen-bond donors (Lipinski definition) is 1. The Labute approximate surface area is 113 Å². The van der Waals surface area contributed by atoms with Crippen molar-refractivity contribution in [3.05, 3.63) is 35.4 Å². The molecule has 0 aliphatic rings. The van der Waals surface area contributed by atoms with Gasteiger partial charge in [0.05, 0.1) is 0 Å². The van der Waals surface area contributed by atoms with E-state index in [-0.39, 0.29) is 0 Å². The number of rotatable bonds is 9. The molecule has 0 fully saturated rings. The molecule has 0 bridgehead atoms. The highest BCUT2D eigenvalue weighted by atomic mass is 14.8. The first kappa shape index (κ1) is 15.2. The molecule has 0 aliphatic heterocycles. The molecule has 1 nitrogen and oxygen atoms in total. The molecule has 0 saturated heterocycles. The standard InChI is InChI=1S/C17H29N/c1-4-6-7-8-17(14-18-5-2)13-16-11-9-15(3)10-12-16/h9-12,17-18H,4-8,13-14H2,1-3H3. The van der Waals surface area contributed by atoms with E-state index in [2.05, 4.69) is 50.4 Å². The van der Waals surface area contributed by atoms with Gasteiger partial charge in [-0.15, -0.1) is 0 Å². The van der Waals surface area contributed by atoms with Gasteiger partial charge in [0.2, 0.25) is 0 Å². The summed E-state index contributed by atoms with van der Waals surface area (Å²) >= 11 is 0. The van der Waals surface area contributed by atoms with E-state index >= 15 is 0 Å². The first-order valence-corrected chi connectivity index (χ1v) is 7.52. The monoisotopic (exact) mass is 247 g/mol. The maximum Gasteiger partial charge on any atom is -0.00175 e. The van der Waals surface area contributed by atoms with E-state index in [0.717, 1.165) is 19.0 Å². The fraction of sp³-hybridized carbons (Fsp3) is 0.647. The summed E-state index contributed by atoms with van der Waals surface area (Å²) in [5, 5.41) is 3.51. The lowest BCUT2D eigenvalue weighted by Crippen LogP contribution is -2.24. The number of unbranched alkanes of at least 4 members (excludes halogenated alkanes) is 2. The van der Waals surface area contributed by atoms with Gasteiger partial charge in [-0.3, -0.25) is 0 Å². The lowest BCUT2D eigenvalue weighted by atomic mass is 9.93. The highest BCUT2D eigenvalue weighted by Gasteiger charge is 2.09. The third kappa shape index (κ3) is 6.20. The normalized spacial score (nSPS) is 12.6. The molecule has 0 radical (unpaired) electrons. The second-order valence-corrected chi connectivity index (χ2v) is 5.36. The van der Waals surface area contributed by atoms with E-state index in [0.29, 0.717) is 0 Å². The molecule has 0 heterocycles. The molecule has 1 aromatic carbocycles. The topological polar surface area (TPSA) is 12.0 Å². The van der Waals surface area contributed by atoms with Crippen molar-refractivity contribution >= 4 is 0 Å². The smallest absolute Gasteiger partial charge is 0.00175 e. The predicted molar refractivity (Wildman–Crippen MR) is 81.1 cm³/mol. The molecular formula is C17H29N. The second-order valence-electron chi connectivity index (χ2n) is 5.36. The summed E-state index contributed by atoms with van der Waals surface area (Å²) in [6.07, 6.45) is 6.64. The van der Waals surface area contributed by atoms with Crippen LogP contribution in [0.5, 0.6) is 0 Å². The molecule has 1 atom stereocenters. The molecule has 102 valence electrons. The summed E-state index contributed by atoms with van der Waals surface area (Å²) in [7, 11) is 0. The zero-order valence-corrected chi connectivity index (χ0v) is 12.3. The zero-order chi connectivity index (χ0) is 13.2. The lowest BCUT2D eigenvalue weighted by Gasteiger charge is -2.17. The van der Waals surface area contributed by atoms with Crippen molar-refractivity contribution in [2.75, 3.05) is 13.1 Å². The highest BCUT2D eigenvalue weighted by molar-refractivity contribution is 5.21. The number of benzene rings is 1. The van der Waals surface area contributed by atoms with Crippen LogP contribution >= 0.6 is 0 Å². The summed E-state index contributed by atoms with van der Waals surface area (Å²) in [6, 6.07) is 9.03. The van der Waals surface area contributed by atoms with Crippen LogP contribution in [0.25, 0.3) is 0 Å². The van der Waals surface area contributed by atoms with Crippen molar-refractivity contribution in [2.24, 2.45) is 5.92 Å². The minimum Gasteiger partial charge on any atom is -0.317 e. The van der Waals surface area contributed by atoms with E-state index in [9.17, 15) is 0 Å². The fourth-order valence-corrected chi connectivity index (χ4v) is 2.37. The molecule has 1 aromatic rings. The summed E-state index contributed by atoms with van der Waals surface area (Å²) in [5.41, 5.74) is 2.84. The van der Waals surface area contributed by atoms with Crippen LogP contribution in [0.4, 0.5) is 0 Å². The van der Waals surface area contributed by atoms with E-state index in [1.54, 1.807) is 0 Å². The first-order valence-electron chi connectivity index (χ1n) is 7.52. The molecule has 18 heavy (non-hydrogen) atoms. The van der Waals surface area contributed by atoms with Crippen molar-refractivity contribution in [3.63, 3.8) is 0 Å². The second kappa shape index (κ2) is 9.16. The Balaban J connectivity index is 2.45. The molecule has 0 spiro atoms. The van der Waals surface area contributed by atoms with Crippen LogP contribution in [0.3, 0.4) is 0 Å². The predicted octanol–water partition coefficient (Wildman–Crippen LogP) is 4.34. The van der Waals surface area contributed by atoms with Crippen LogP contribution in [0.15, 0.2) is 24.3 Å². The van der Waals surface area contributed by atoms with E-state index in [1.807, 2.05) is 0 Å². The minimum atomic E-state index is 0.791. The van der Waals surface area contributed by atoms with Gasteiger partial charge in [-0.1, -0.05) is 62.9 Å². The first-order chi connectivity index (χ1) is 8.76. The molecular weight excluding hydrogens is 218 g/mol. The SMILES string of the molecule is CCCCCC(CNCC)Cc1ccc(C)cc1. The van der Waals surface area contributed by atoms with E-state index in [1.165, 1.54) is 43.2 Å². The van der Waals surface area contributed by atoms with Crippen molar-refractivity contribution in [3.8, 4) is 0 Å². The average molecular weight is 247 g/mol. The van der Waals surface area contributed by atoms with Crippen molar-refractivity contribution in [2.45, 2.75) is 52.9 Å². The highest BCUT2D eigenvalue weighted by Crippen LogP contribution is 2.16. The Bertz CT molecular complexity index is 302. The molecule has 1 unspecified atom stereocenters. The number of aryl methyl sites for hydroxylation is 1. The molecule has 0 amide bonds. The Kier molecular flexibility index (Phi) is 7.75. The summed E-state index contributed by atoms with van der Waals surface area (Å²) < 4.78 is 0. The fourth-order valence-electron chi connectivity index (χ4n) is 2.37. The van der Waals surface area contributed by atoms with Crippen LogP contribution < -0.4 is 5.32 Å². The van der Waals surface area contributed by atoms with Crippen LogP contribution in [-0.2, 0) is 6.42 Å². The van der Waals surface area contributed by atoms with Crippen molar-refractivity contribution < 1.29 is 0 Å². The molecule has 0 saturated carbocycles. The van der Waals surface area contributed by atoms with Crippen LogP contribution in [-0.4, -0.2) is 13.1 Å². The van der Waals surface area contributed by atoms with Crippen molar-refractivity contribution in [1.82, 2.24) is 5.32 Å². The van der Waals surface area contributed by atoms with Gasteiger partial charge < -0.3 is 5.32 Å². The largest absolute Gasteiger partial charge is 0.317 e. The molecule has 0 aliphatic carbocycles. The Morgan fingerprint density at radius 2 is 1.78 bits per heavy atom. The van der Waals surface area contributed by atoms with Gasteiger partial charge in [-0.05, 0) is 44.3 Å². The van der Waals surface area contributed by atoms with Gasteiger partial charge in [0.1, 0.15) is 0 Å². The minimum absolute atomic E-state index is 0.791. The zero-order valence-electron chi connectivity index (χ0n) is 12.3. The van der Waals surface area contributed by atoms with Gasteiger partial charge in [0.15, 0.2) is 0 Å². The third-order valence-corrected chi connectivity index (χ3v) is 3.54. The number of hydrogen-bond acceptors (Lipinski definition) is 1. The summed E-state index contributed by atoms with van der Waals surface area (Å²) in [5.74, 6) is 0.791. The molecule has 1 N–H and O–H groups in total. The molecule has 0 aromatic heterocycles. The maximum absolute atomic E-state index is 3.51. The van der Waals surface area contributed by atoms with Crippen molar-refractivity contribution in [1.29, 1.82) is 0 Å². The van der Waals surface area contributed by atoms with Crippen LogP contribution in [0.2, 0.25) is 0 Å². The Morgan fingerprint density at radius 3 is 2.39 bits per heavy atom. The van der Waals surface area contributed by atoms with E-state index < -0.39 is 0 Å². The summed E-state index contributed by atoms with van der Waals surface area (Å²) in [4.78, 5) is 0. The van der Waals surface area contributed by atoms with Gasteiger partial charge in [0.25, 0.3) is 0 Å². The van der Waals surface area contributed by atoms with Gasteiger partial charge >= 0.3 is 0 Å². The molecule has 1 heteroatoms. The quantitative estimate of drug-likeness (QED) is 0.640.